The minimum absolute atomic E-state index is 0. The minimum atomic E-state index is -0.148. The molecule has 6 heteroatoms. The number of carbonyl (C=O) groups is 1. The van der Waals surface area contributed by atoms with E-state index in [0.29, 0.717) is 12.0 Å². The van der Waals surface area contributed by atoms with E-state index in [0.717, 1.165) is 24.9 Å². The first kappa shape index (κ1) is 17.7. The molecule has 5 nitrogen and oxygen atoms in total. The van der Waals surface area contributed by atoms with E-state index in [1.54, 1.807) is 0 Å². The molecule has 0 heterocycles. The third kappa shape index (κ3) is 5.53. The second kappa shape index (κ2) is 8.21. The minimum Gasteiger partial charge on any atom is -0.370 e. The van der Waals surface area contributed by atoms with Crippen LogP contribution in [0, 0.1) is 0 Å². The van der Waals surface area contributed by atoms with Crippen molar-refractivity contribution in [2.45, 2.75) is 32.2 Å². The van der Waals surface area contributed by atoms with Crippen molar-refractivity contribution in [2.75, 3.05) is 18.9 Å². The summed E-state index contributed by atoms with van der Waals surface area (Å²) in [5, 5.41) is 2.84. The largest absolute Gasteiger partial charge is 0.370 e. The molecule has 0 bridgehead atoms. The van der Waals surface area contributed by atoms with E-state index in [4.69, 9.17) is 5.73 Å². The van der Waals surface area contributed by atoms with E-state index < -0.39 is 0 Å². The predicted octanol–water partition coefficient (Wildman–Crippen LogP) is 2.21. The van der Waals surface area contributed by atoms with Gasteiger partial charge in [0, 0.05) is 18.8 Å². The van der Waals surface area contributed by atoms with E-state index >= 15 is 0 Å². The zero-order valence-electron chi connectivity index (χ0n) is 12.5. The monoisotopic (exact) mass is 402 g/mol. The summed E-state index contributed by atoms with van der Waals surface area (Å²) in [4.78, 5) is 17.9. The first-order valence-electron chi connectivity index (χ1n) is 7.01. The number of aliphatic imine (C=N–C) groups is 1. The Labute approximate surface area is 143 Å². The fourth-order valence-electron chi connectivity index (χ4n) is 1.98. The highest BCUT2D eigenvalue weighted by Gasteiger charge is 2.27. The van der Waals surface area contributed by atoms with Crippen LogP contribution in [-0.2, 0) is 11.2 Å². The molecule has 0 aromatic heterocycles. The Kier molecular flexibility index (Phi) is 6.94. The molecule has 0 saturated heterocycles. The molecule has 1 aliphatic carbocycles. The Morgan fingerprint density at radius 2 is 2.19 bits per heavy atom. The highest BCUT2D eigenvalue weighted by Crippen LogP contribution is 2.24. The van der Waals surface area contributed by atoms with Crippen LogP contribution in [-0.4, -0.2) is 36.4 Å². The average Bonchev–Trinajstić information content (AvgIpc) is 3.28. The number of anilines is 1. The molecule has 1 amide bonds. The Bertz CT molecular complexity index is 514. The number of hydrogen-bond donors (Lipinski definition) is 2. The fraction of sp³-hybridized carbons (Fsp3) is 0.467. The molecule has 1 aromatic rings. The number of amides is 1. The van der Waals surface area contributed by atoms with Crippen molar-refractivity contribution in [1.82, 2.24) is 4.90 Å². The third-order valence-electron chi connectivity index (χ3n) is 3.46. The molecule has 0 aliphatic heterocycles. The molecule has 0 unspecified atom stereocenters. The molecule has 1 aliphatic rings. The van der Waals surface area contributed by atoms with Crippen LogP contribution in [0.5, 0.6) is 0 Å². The summed E-state index contributed by atoms with van der Waals surface area (Å²) in [5.41, 5.74) is 7.84. The first-order chi connectivity index (χ1) is 9.60. The van der Waals surface area contributed by atoms with Gasteiger partial charge in [-0.25, -0.2) is 4.99 Å². The summed E-state index contributed by atoms with van der Waals surface area (Å²) in [6.07, 6.45) is 3.26. The van der Waals surface area contributed by atoms with Crippen LogP contribution in [0.4, 0.5) is 5.69 Å². The number of hydrogen-bond acceptors (Lipinski definition) is 2. The molecule has 0 spiro atoms. The smallest absolute Gasteiger partial charge is 0.246 e. The van der Waals surface area contributed by atoms with Gasteiger partial charge < -0.3 is 16.0 Å². The molecular weight excluding hydrogens is 379 g/mol. The summed E-state index contributed by atoms with van der Waals surface area (Å²) in [5.74, 6) is 0.287. The van der Waals surface area contributed by atoms with Crippen LogP contribution < -0.4 is 11.1 Å². The summed E-state index contributed by atoms with van der Waals surface area (Å²) in [7, 11) is 1.92. The van der Waals surface area contributed by atoms with Gasteiger partial charge in [0.2, 0.25) is 5.91 Å². The molecular formula is C15H23IN4O. The van der Waals surface area contributed by atoms with Crippen LogP contribution in [0.1, 0.15) is 25.3 Å². The van der Waals surface area contributed by atoms with E-state index in [9.17, 15) is 4.79 Å². The topological polar surface area (TPSA) is 70.7 Å². The molecule has 0 radical (unpaired) electrons. The van der Waals surface area contributed by atoms with Crippen molar-refractivity contribution in [1.29, 1.82) is 0 Å². The maximum absolute atomic E-state index is 11.8. The van der Waals surface area contributed by atoms with Gasteiger partial charge in [-0.05, 0) is 37.0 Å². The number of nitrogens with two attached hydrogens (primary N) is 1. The van der Waals surface area contributed by atoms with Gasteiger partial charge in [0.1, 0.15) is 6.54 Å². The Balaban J connectivity index is 0.00000220. The van der Waals surface area contributed by atoms with Crippen LogP contribution in [0.3, 0.4) is 0 Å². The van der Waals surface area contributed by atoms with Gasteiger partial charge in [0.15, 0.2) is 5.96 Å². The van der Waals surface area contributed by atoms with E-state index in [1.165, 1.54) is 5.56 Å². The van der Waals surface area contributed by atoms with Crippen molar-refractivity contribution in [3.63, 3.8) is 0 Å². The number of halogens is 1. The number of nitrogens with one attached hydrogen (secondary N) is 1. The van der Waals surface area contributed by atoms with Gasteiger partial charge in [0.05, 0.1) is 0 Å². The summed E-state index contributed by atoms with van der Waals surface area (Å²) in [6.45, 7) is 2.14. The number of rotatable bonds is 5. The lowest BCUT2D eigenvalue weighted by Gasteiger charge is -2.16. The predicted molar refractivity (Wildman–Crippen MR) is 97.1 cm³/mol. The number of guanidine groups is 1. The summed E-state index contributed by atoms with van der Waals surface area (Å²) >= 11 is 0. The van der Waals surface area contributed by atoms with Gasteiger partial charge >= 0.3 is 0 Å². The fourth-order valence-corrected chi connectivity index (χ4v) is 1.98. The van der Waals surface area contributed by atoms with Gasteiger partial charge in [-0.2, -0.15) is 0 Å². The van der Waals surface area contributed by atoms with E-state index in [1.807, 2.05) is 36.2 Å². The summed E-state index contributed by atoms with van der Waals surface area (Å²) < 4.78 is 0. The zero-order chi connectivity index (χ0) is 14.5. The maximum Gasteiger partial charge on any atom is 0.246 e. The highest BCUT2D eigenvalue weighted by atomic mass is 127. The molecule has 2 rings (SSSR count). The lowest BCUT2D eigenvalue weighted by molar-refractivity contribution is -0.114. The lowest BCUT2D eigenvalue weighted by atomic mass is 10.1. The Morgan fingerprint density at radius 1 is 1.48 bits per heavy atom. The van der Waals surface area contributed by atoms with Gasteiger partial charge in [-0.3, -0.25) is 4.79 Å². The van der Waals surface area contributed by atoms with Crippen molar-refractivity contribution in [3.8, 4) is 0 Å². The molecule has 116 valence electrons. The quantitative estimate of drug-likeness (QED) is 0.451. The number of benzene rings is 1. The number of aryl methyl sites for hydroxylation is 1. The van der Waals surface area contributed by atoms with Crippen LogP contribution in [0.15, 0.2) is 29.3 Å². The van der Waals surface area contributed by atoms with Crippen molar-refractivity contribution < 1.29 is 4.79 Å². The van der Waals surface area contributed by atoms with Crippen LogP contribution >= 0.6 is 24.0 Å². The SMILES string of the molecule is CCc1cccc(NC(=O)CN=C(N)N(C)C2CC2)c1.I. The van der Waals surface area contributed by atoms with E-state index in [2.05, 4.69) is 17.2 Å². The summed E-state index contributed by atoms with van der Waals surface area (Å²) in [6, 6.07) is 8.33. The molecule has 3 N–H and O–H groups in total. The van der Waals surface area contributed by atoms with Crippen molar-refractivity contribution in [3.05, 3.63) is 29.8 Å². The van der Waals surface area contributed by atoms with Crippen LogP contribution in [0.25, 0.3) is 0 Å². The molecule has 1 aromatic carbocycles. The second-order valence-electron chi connectivity index (χ2n) is 5.12. The van der Waals surface area contributed by atoms with Gasteiger partial charge in [0.25, 0.3) is 0 Å². The third-order valence-corrected chi connectivity index (χ3v) is 3.46. The maximum atomic E-state index is 11.8. The van der Waals surface area contributed by atoms with Crippen LogP contribution in [0.2, 0.25) is 0 Å². The zero-order valence-corrected chi connectivity index (χ0v) is 14.8. The number of carbonyl (C=O) groups excluding carboxylic acids is 1. The lowest BCUT2D eigenvalue weighted by Crippen LogP contribution is -2.36. The second-order valence-corrected chi connectivity index (χ2v) is 5.12. The van der Waals surface area contributed by atoms with Gasteiger partial charge in [-0.15, -0.1) is 24.0 Å². The van der Waals surface area contributed by atoms with Gasteiger partial charge in [-0.1, -0.05) is 19.1 Å². The first-order valence-corrected chi connectivity index (χ1v) is 7.01. The Hall–Kier alpha value is -1.31. The van der Waals surface area contributed by atoms with E-state index in [-0.39, 0.29) is 36.4 Å². The molecule has 1 saturated carbocycles. The Morgan fingerprint density at radius 3 is 2.81 bits per heavy atom. The van der Waals surface area contributed by atoms with Crippen molar-refractivity contribution >= 4 is 41.5 Å². The normalized spacial score (nSPS) is 14.3. The number of nitrogens with zero attached hydrogens (tertiary/aromatic N) is 2. The standard InChI is InChI=1S/C15H22N4O.HI/c1-3-11-5-4-6-12(9-11)18-14(20)10-17-15(16)19(2)13-7-8-13;/h4-6,9,13H,3,7-8,10H2,1-2H3,(H2,16,17)(H,18,20);1H. The highest BCUT2D eigenvalue weighted by molar-refractivity contribution is 14.0. The molecule has 0 atom stereocenters. The molecule has 21 heavy (non-hydrogen) atoms. The average molecular weight is 402 g/mol. The van der Waals surface area contributed by atoms with Crippen molar-refractivity contribution in [2.24, 2.45) is 10.7 Å². The molecule has 1 fully saturated rings.